The van der Waals surface area contributed by atoms with Gasteiger partial charge in [-0.05, 0) is 37.6 Å². The average molecular weight is 437 g/mol. The maximum atomic E-state index is 13.2. The molecule has 146 valence electrons. The smallest absolute Gasteiger partial charge is 0.234 e. The predicted molar refractivity (Wildman–Crippen MR) is 114 cm³/mol. The Morgan fingerprint density at radius 3 is 2.86 bits per heavy atom. The van der Waals surface area contributed by atoms with Gasteiger partial charge in [-0.3, -0.25) is 9.36 Å². The lowest BCUT2D eigenvalue weighted by Crippen LogP contribution is -2.14. The van der Waals surface area contributed by atoms with Crippen LogP contribution in [0.25, 0.3) is 11.4 Å². The first kappa shape index (κ1) is 20.6. The molecule has 2 heterocycles. The van der Waals surface area contributed by atoms with E-state index in [1.54, 1.807) is 17.4 Å². The van der Waals surface area contributed by atoms with Gasteiger partial charge in [0.25, 0.3) is 0 Å². The first-order valence-corrected chi connectivity index (χ1v) is 10.6. The van der Waals surface area contributed by atoms with Gasteiger partial charge in [-0.25, -0.2) is 4.39 Å². The zero-order valence-corrected chi connectivity index (χ0v) is 17.7. The van der Waals surface area contributed by atoms with Gasteiger partial charge in [-0.2, -0.15) is 0 Å². The molecule has 3 aromatic rings. The number of amides is 1. The van der Waals surface area contributed by atoms with Crippen LogP contribution < -0.4 is 5.32 Å². The maximum Gasteiger partial charge on any atom is 0.234 e. The third-order valence-electron chi connectivity index (χ3n) is 4.09. The Morgan fingerprint density at radius 2 is 2.21 bits per heavy atom. The molecule has 0 aliphatic heterocycles. The molecular formula is C19H18ClFN4OS2. The van der Waals surface area contributed by atoms with Gasteiger partial charge < -0.3 is 5.32 Å². The third kappa shape index (κ3) is 4.45. The molecule has 1 amide bonds. The molecular weight excluding hydrogens is 419 g/mol. The highest BCUT2D eigenvalue weighted by molar-refractivity contribution is 7.99. The number of thiophene rings is 1. The molecule has 3 rings (SSSR count). The summed E-state index contributed by atoms with van der Waals surface area (Å²) < 4.78 is 15.2. The van der Waals surface area contributed by atoms with Crippen molar-refractivity contribution < 1.29 is 9.18 Å². The number of thioether (sulfide) groups is 1. The number of anilines is 1. The second-order valence-electron chi connectivity index (χ2n) is 6.00. The van der Waals surface area contributed by atoms with Crippen molar-refractivity contribution in [3.63, 3.8) is 0 Å². The second-order valence-corrected chi connectivity index (χ2v) is 8.44. The highest BCUT2D eigenvalue weighted by atomic mass is 35.5. The minimum atomic E-state index is -0.530. The number of aromatic nitrogens is 3. The molecule has 28 heavy (non-hydrogen) atoms. The highest BCUT2D eigenvalue weighted by Crippen LogP contribution is 2.31. The molecule has 0 atom stereocenters. The number of carbonyl (C=O) groups is 1. The summed E-state index contributed by atoms with van der Waals surface area (Å²) in [6, 6.07) is 4.05. The van der Waals surface area contributed by atoms with Gasteiger partial charge in [0, 0.05) is 28.1 Å². The van der Waals surface area contributed by atoms with Crippen molar-refractivity contribution >= 4 is 46.3 Å². The fraction of sp³-hybridized carbons (Fsp3) is 0.211. The fourth-order valence-corrected chi connectivity index (χ4v) is 4.32. The summed E-state index contributed by atoms with van der Waals surface area (Å²) in [6.07, 6.45) is 1.77. The van der Waals surface area contributed by atoms with Crippen LogP contribution in [0.15, 0.2) is 41.4 Å². The van der Waals surface area contributed by atoms with Crippen LogP contribution >= 0.6 is 34.7 Å². The molecule has 0 aliphatic rings. The molecule has 0 radical (unpaired) electrons. The predicted octanol–water partition coefficient (Wildman–Crippen LogP) is 5.33. The second kappa shape index (κ2) is 8.89. The lowest BCUT2D eigenvalue weighted by atomic mass is 10.1. The van der Waals surface area contributed by atoms with Crippen LogP contribution in [-0.4, -0.2) is 26.4 Å². The summed E-state index contributed by atoms with van der Waals surface area (Å²) in [5.74, 6) is 0.115. The van der Waals surface area contributed by atoms with Crippen molar-refractivity contribution in [2.24, 2.45) is 0 Å². The number of aryl methyl sites for hydroxylation is 1. The molecule has 1 aromatic carbocycles. The summed E-state index contributed by atoms with van der Waals surface area (Å²) in [7, 11) is 0. The van der Waals surface area contributed by atoms with E-state index in [1.807, 2.05) is 4.57 Å². The van der Waals surface area contributed by atoms with Crippen LogP contribution in [-0.2, 0) is 11.3 Å². The Labute approximate surface area is 175 Å². The Bertz CT molecular complexity index is 1030. The number of halogens is 2. The third-order valence-corrected chi connectivity index (χ3v) is 6.36. The maximum absolute atomic E-state index is 13.2. The number of hydrogen-bond acceptors (Lipinski definition) is 5. The van der Waals surface area contributed by atoms with Crippen molar-refractivity contribution in [3.05, 3.63) is 57.5 Å². The van der Waals surface area contributed by atoms with E-state index in [-0.39, 0.29) is 16.7 Å². The number of allylic oxidation sites excluding steroid dienone is 1. The van der Waals surface area contributed by atoms with Gasteiger partial charge in [0.1, 0.15) is 5.82 Å². The molecule has 0 saturated heterocycles. The van der Waals surface area contributed by atoms with E-state index in [2.05, 4.69) is 41.3 Å². The molecule has 9 heteroatoms. The van der Waals surface area contributed by atoms with Crippen LogP contribution in [0.4, 0.5) is 10.1 Å². The van der Waals surface area contributed by atoms with Crippen LogP contribution in [0.2, 0.25) is 5.02 Å². The Balaban J connectivity index is 1.73. The largest absolute Gasteiger partial charge is 0.325 e. The van der Waals surface area contributed by atoms with E-state index in [0.717, 1.165) is 11.4 Å². The van der Waals surface area contributed by atoms with Gasteiger partial charge >= 0.3 is 0 Å². The summed E-state index contributed by atoms with van der Waals surface area (Å²) in [4.78, 5) is 13.5. The minimum Gasteiger partial charge on any atom is -0.325 e. The van der Waals surface area contributed by atoms with Crippen LogP contribution in [0.5, 0.6) is 0 Å². The van der Waals surface area contributed by atoms with E-state index >= 15 is 0 Å². The van der Waals surface area contributed by atoms with Gasteiger partial charge in [0.15, 0.2) is 11.0 Å². The normalized spacial score (nSPS) is 10.9. The number of rotatable bonds is 7. The molecule has 0 saturated carbocycles. The van der Waals surface area contributed by atoms with E-state index in [1.165, 1.54) is 40.4 Å². The number of nitrogens with one attached hydrogen (secondary N) is 1. The molecule has 0 aliphatic carbocycles. The molecule has 0 unspecified atom stereocenters. The van der Waals surface area contributed by atoms with Crippen molar-refractivity contribution in [2.45, 2.75) is 25.5 Å². The quantitative estimate of drug-likeness (QED) is 0.401. The summed E-state index contributed by atoms with van der Waals surface area (Å²) in [5, 5.41) is 13.9. The van der Waals surface area contributed by atoms with E-state index in [0.29, 0.717) is 17.4 Å². The van der Waals surface area contributed by atoms with Gasteiger partial charge in [0.05, 0.1) is 10.8 Å². The zero-order chi connectivity index (χ0) is 20.3. The van der Waals surface area contributed by atoms with E-state index in [4.69, 9.17) is 11.6 Å². The molecule has 0 bridgehead atoms. The van der Waals surface area contributed by atoms with Crippen molar-refractivity contribution in [3.8, 4) is 11.4 Å². The number of carbonyl (C=O) groups excluding carboxylic acids is 1. The van der Waals surface area contributed by atoms with Gasteiger partial charge in [-0.1, -0.05) is 29.4 Å². The monoisotopic (exact) mass is 436 g/mol. The molecule has 1 N–H and O–H groups in total. The van der Waals surface area contributed by atoms with Gasteiger partial charge in [0.2, 0.25) is 5.91 Å². The van der Waals surface area contributed by atoms with Crippen LogP contribution in [0, 0.1) is 19.7 Å². The molecule has 5 nitrogen and oxygen atoms in total. The summed E-state index contributed by atoms with van der Waals surface area (Å²) >= 11 is 8.68. The molecule has 0 fully saturated rings. The Morgan fingerprint density at radius 1 is 1.43 bits per heavy atom. The fourth-order valence-electron chi connectivity index (χ4n) is 2.52. The SMILES string of the molecule is C=CCn1c(SCC(=O)Nc2ccc(F)c(Cl)c2)nnc1-c1csc(C)c1C. The number of benzene rings is 1. The van der Waals surface area contributed by atoms with Crippen molar-refractivity contribution in [1.29, 1.82) is 0 Å². The van der Waals surface area contributed by atoms with E-state index < -0.39 is 5.82 Å². The molecule has 2 aromatic heterocycles. The Kier molecular flexibility index (Phi) is 6.53. The van der Waals surface area contributed by atoms with Crippen LogP contribution in [0.3, 0.4) is 0 Å². The van der Waals surface area contributed by atoms with Crippen molar-refractivity contribution in [1.82, 2.24) is 14.8 Å². The first-order chi connectivity index (χ1) is 13.4. The lowest BCUT2D eigenvalue weighted by molar-refractivity contribution is -0.113. The summed E-state index contributed by atoms with van der Waals surface area (Å²) in [6.45, 7) is 8.46. The number of nitrogens with zero attached hydrogens (tertiary/aromatic N) is 3. The Hall–Kier alpha value is -2.16. The topological polar surface area (TPSA) is 59.8 Å². The standard InChI is InChI=1S/C19H18ClFN4OS2/c1-4-7-25-18(14-9-27-12(3)11(14)2)23-24-19(25)28-10-17(26)22-13-5-6-16(21)15(20)8-13/h4-6,8-9H,1,7,10H2,2-3H3,(H,22,26). The van der Waals surface area contributed by atoms with Crippen molar-refractivity contribution in [2.75, 3.05) is 11.1 Å². The van der Waals surface area contributed by atoms with E-state index in [9.17, 15) is 9.18 Å². The van der Waals surface area contributed by atoms with Crippen LogP contribution in [0.1, 0.15) is 10.4 Å². The van der Waals surface area contributed by atoms with Gasteiger partial charge in [-0.15, -0.1) is 28.1 Å². The molecule has 0 spiro atoms. The average Bonchev–Trinajstić information content (AvgIpc) is 3.20. The summed E-state index contributed by atoms with van der Waals surface area (Å²) in [5.41, 5.74) is 2.65. The minimum absolute atomic E-state index is 0.0396. The first-order valence-electron chi connectivity index (χ1n) is 8.37. The lowest BCUT2D eigenvalue weighted by Gasteiger charge is -2.08. The number of hydrogen-bond donors (Lipinski definition) is 1. The zero-order valence-electron chi connectivity index (χ0n) is 15.3. The highest BCUT2D eigenvalue weighted by Gasteiger charge is 2.18.